The zero-order chi connectivity index (χ0) is 17.8. The van der Waals surface area contributed by atoms with Gasteiger partial charge in [-0.15, -0.1) is 11.8 Å². The van der Waals surface area contributed by atoms with E-state index in [0.717, 1.165) is 21.8 Å². The number of carbonyl (C=O) groups excluding carboxylic acids is 2. The summed E-state index contributed by atoms with van der Waals surface area (Å²) in [6.45, 7) is 2.10. The van der Waals surface area contributed by atoms with Crippen LogP contribution in [0, 0.1) is 6.92 Å². The first kappa shape index (κ1) is 17.4. The van der Waals surface area contributed by atoms with E-state index < -0.39 is 5.97 Å². The summed E-state index contributed by atoms with van der Waals surface area (Å²) in [6, 6.07) is 11.0. The molecule has 25 heavy (non-hydrogen) atoms. The SMILES string of the molecule is COc1ccc(C)cc1COC(=O)c1ccc2c(c1)NC(=O)CCS2. The number of nitrogens with one attached hydrogen (secondary N) is 1. The molecule has 1 amide bonds. The lowest BCUT2D eigenvalue weighted by Gasteiger charge is -2.11. The van der Waals surface area contributed by atoms with Crippen LogP contribution in [0.2, 0.25) is 0 Å². The van der Waals surface area contributed by atoms with Crippen molar-refractivity contribution in [3.05, 3.63) is 53.1 Å². The molecule has 0 unspecified atom stereocenters. The lowest BCUT2D eigenvalue weighted by Crippen LogP contribution is -2.11. The number of methoxy groups -OCH3 is 1. The topological polar surface area (TPSA) is 64.6 Å². The third-order valence-corrected chi connectivity index (χ3v) is 4.95. The van der Waals surface area contributed by atoms with Crippen LogP contribution in [-0.2, 0) is 16.1 Å². The van der Waals surface area contributed by atoms with Crippen molar-refractivity contribution in [2.45, 2.75) is 24.8 Å². The molecule has 0 radical (unpaired) electrons. The van der Waals surface area contributed by atoms with E-state index in [1.54, 1.807) is 31.0 Å². The number of rotatable bonds is 4. The summed E-state index contributed by atoms with van der Waals surface area (Å²) in [5.74, 6) is 0.940. The molecule has 1 heterocycles. The Morgan fingerprint density at radius 2 is 2.08 bits per heavy atom. The minimum Gasteiger partial charge on any atom is -0.496 e. The molecule has 0 aliphatic carbocycles. The quantitative estimate of drug-likeness (QED) is 0.844. The van der Waals surface area contributed by atoms with Gasteiger partial charge < -0.3 is 14.8 Å². The molecule has 3 rings (SSSR count). The number of benzene rings is 2. The number of fused-ring (bicyclic) bond motifs is 1. The molecule has 0 atom stereocenters. The van der Waals surface area contributed by atoms with Gasteiger partial charge in [-0.05, 0) is 37.3 Å². The Bertz CT molecular complexity index is 819. The third-order valence-electron chi connectivity index (χ3n) is 3.87. The van der Waals surface area contributed by atoms with Crippen LogP contribution in [0.25, 0.3) is 0 Å². The number of thioether (sulfide) groups is 1. The van der Waals surface area contributed by atoms with Crippen molar-refractivity contribution in [2.24, 2.45) is 0 Å². The second kappa shape index (κ2) is 7.61. The van der Waals surface area contributed by atoms with Crippen LogP contribution in [0.4, 0.5) is 5.69 Å². The summed E-state index contributed by atoms with van der Waals surface area (Å²) < 4.78 is 10.7. The number of aryl methyl sites for hydroxylation is 1. The Hall–Kier alpha value is -2.47. The van der Waals surface area contributed by atoms with Gasteiger partial charge in [0.1, 0.15) is 12.4 Å². The minimum absolute atomic E-state index is 0.0405. The van der Waals surface area contributed by atoms with Gasteiger partial charge in [0.05, 0.1) is 18.4 Å². The van der Waals surface area contributed by atoms with Crippen LogP contribution in [-0.4, -0.2) is 24.7 Å². The van der Waals surface area contributed by atoms with Gasteiger partial charge in [0.15, 0.2) is 0 Å². The zero-order valence-corrected chi connectivity index (χ0v) is 14.9. The molecule has 1 N–H and O–H groups in total. The summed E-state index contributed by atoms with van der Waals surface area (Å²) in [7, 11) is 1.59. The number of ether oxygens (including phenoxy) is 2. The minimum atomic E-state index is -0.435. The molecular formula is C19H19NO4S. The van der Waals surface area contributed by atoms with Crippen molar-refractivity contribution in [2.75, 3.05) is 18.2 Å². The number of anilines is 1. The van der Waals surface area contributed by atoms with Crippen molar-refractivity contribution >= 4 is 29.3 Å². The van der Waals surface area contributed by atoms with Gasteiger partial charge in [-0.2, -0.15) is 0 Å². The standard InChI is InChI=1S/C19H19NO4S/c1-12-3-5-16(23-2)14(9-12)11-24-19(22)13-4-6-17-15(10-13)20-18(21)7-8-25-17/h3-6,9-10H,7-8,11H2,1-2H3,(H,20,21). The van der Waals surface area contributed by atoms with E-state index in [1.807, 2.05) is 31.2 Å². The van der Waals surface area contributed by atoms with Crippen LogP contribution in [0.3, 0.4) is 0 Å². The second-order valence-electron chi connectivity index (χ2n) is 5.75. The van der Waals surface area contributed by atoms with E-state index in [2.05, 4.69) is 5.32 Å². The second-order valence-corrected chi connectivity index (χ2v) is 6.89. The number of amides is 1. The molecule has 0 saturated carbocycles. The van der Waals surface area contributed by atoms with Crippen LogP contribution >= 0.6 is 11.8 Å². The van der Waals surface area contributed by atoms with Crippen LogP contribution < -0.4 is 10.1 Å². The summed E-state index contributed by atoms with van der Waals surface area (Å²) in [4.78, 5) is 25.0. The van der Waals surface area contributed by atoms with E-state index in [9.17, 15) is 9.59 Å². The maximum absolute atomic E-state index is 12.4. The Kier molecular flexibility index (Phi) is 5.28. The Balaban J connectivity index is 1.74. The fourth-order valence-electron chi connectivity index (χ4n) is 2.59. The Morgan fingerprint density at radius 3 is 2.88 bits per heavy atom. The van der Waals surface area contributed by atoms with Crippen molar-refractivity contribution in [3.63, 3.8) is 0 Å². The first-order chi connectivity index (χ1) is 12.1. The van der Waals surface area contributed by atoms with Crippen molar-refractivity contribution < 1.29 is 19.1 Å². The molecule has 0 fully saturated rings. The fraction of sp³-hybridized carbons (Fsp3) is 0.263. The highest BCUT2D eigenvalue weighted by molar-refractivity contribution is 7.99. The van der Waals surface area contributed by atoms with E-state index in [-0.39, 0.29) is 12.5 Å². The fourth-order valence-corrected chi connectivity index (χ4v) is 3.53. The predicted molar refractivity (Wildman–Crippen MR) is 97.3 cm³/mol. The average Bonchev–Trinajstić information content (AvgIpc) is 2.79. The van der Waals surface area contributed by atoms with E-state index in [4.69, 9.17) is 9.47 Å². The van der Waals surface area contributed by atoms with Crippen LogP contribution in [0.1, 0.15) is 27.9 Å². The van der Waals surface area contributed by atoms with Gasteiger partial charge in [0.2, 0.25) is 5.91 Å². The molecule has 1 aliphatic rings. The first-order valence-electron chi connectivity index (χ1n) is 7.94. The summed E-state index contributed by atoms with van der Waals surface area (Å²) in [5, 5.41) is 2.83. The molecule has 6 heteroatoms. The van der Waals surface area contributed by atoms with E-state index in [0.29, 0.717) is 23.4 Å². The monoisotopic (exact) mass is 357 g/mol. The smallest absolute Gasteiger partial charge is 0.338 e. The molecule has 1 aliphatic heterocycles. The van der Waals surface area contributed by atoms with Gasteiger partial charge >= 0.3 is 5.97 Å². The number of carbonyl (C=O) groups is 2. The highest BCUT2D eigenvalue weighted by Gasteiger charge is 2.17. The summed E-state index contributed by atoms with van der Waals surface area (Å²) >= 11 is 1.60. The molecule has 0 spiro atoms. The molecule has 2 aromatic rings. The predicted octanol–water partition coefficient (Wildman–Crippen LogP) is 3.79. The Labute approximate surface area is 150 Å². The number of esters is 1. The van der Waals surface area contributed by atoms with E-state index >= 15 is 0 Å². The van der Waals surface area contributed by atoms with Gasteiger partial charge in [0.25, 0.3) is 0 Å². The van der Waals surface area contributed by atoms with Crippen LogP contribution in [0.5, 0.6) is 5.75 Å². The summed E-state index contributed by atoms with van der Waals surface area (Å²) in [5.41, 5.74) is 2.95. The van der Waals surface area contributed by atoms with Crippen LogP contribution in [0.15, 0.2) is 41.3 Å². The van der Waals surface area contributed by atoms with Gasteiger partial charge in [-0.1, -0.05) is 11.6 Å². The van der Waals surface area contributed by atoms with Gasteiger partial charge in [0, 0.05) is 22.6 Å². The number of hydrogen-bond acceptors (Lipinski definition) is 5. The van der Waals surface area contributed by atoms with Gasteiger partial charge in [-0.25, -0.2) is 4.79 Å². The third kappa shape index (κ3) is 4.14. The highest BCUT2D eigenvalue weighted by Crippen LogP contribution is 2.31. The maximum atomic E-state index is 12.4. The molecule has 0 saturated heterocycles. The van der Waals surface area contributed by atoms with Crippen molar-refractivity contribution in [1.29, 1.82) is 0 Å². The highest BCUT2D eigenvalue weighted by atomic mass is 32.2. The lowest BCUT2D eigenvalue weighted by molar-refractivity contribution is -0.115. The van der Waals surface area contributed by atoms with Crippen molar-refractivity contribution in [1.82, 2.24) is 0 Å². The number of hydrogen-bond donors (Lipinski definition) is 1. The van der Waals surface area contributed by atoms with E-state index in [1.165, 1.54) is 0 Å². The van der Waals surface area contributed by atoms with Gasteiger partial charge in [-0.3, -0.25) is 4.79 Å². The van der Waals surface area contributed by atoms with Crippen molar-refractivity contribution in [3.8, 4) is 5.75 Å². The molecule has 2 aromatic carbocycles. The lowest BCUT2D eigenvalue weighted by atomic mass is 10.1. The molecular weight excluding hydrogens is 338 g/mol. The summed E-state index contributed by atoms with van der Waals surface area (Å²) in [6.07, 6.45) is 0.465. The Morgan fingerprint density at radius 1 is 1.24 bits per heavy atom. The maximum Gasteiger partial charge on any atom is 0.338 e. The molecule has 130 valence electrons. The molecule has 0 aromatic heterocycles. The largest absolute Gasteiger partial charge is 0.496 e. The normalized spacial score (nSPS) is 13.4. The molecule has 5 nitrogen and oxygen atoms in total. The molecule has 0 bridgehead atoms. The zero-order valence-electron chi connectivity index (χ0n) is 14.1. The average molecular weight is 357 g/mol. The first-order valence-corrected chi connectivity index (χ1v) is 8.92.